The molecule has 3 N–H and O–H groups in total. The smallest absolute Gasteiger partial charge is 0.163 e. The molecule has 78 valence electrons. The molecule has 1 fully saturated rings. The Kier molecular flexibility index (Phi) is 1.66. The normalized spacial score (nSPS) is 25.4. The van der Waals surface area contributed by atoms with E-state index in [1.165, 1.54) is 6.33 Å². The van der Waals surface area contributed by atoms with Crippen LogP contribution in [-0.2, 0) is 0 Å². The molecular formula is C9H11N5O. The summed E-state index contributed by atoms with van der Waals surface area (Å²) in [6, 6.07) is 0.242. The standard InChI is InChI=1S/C9H11N5O/c10-8-7-3-13-14(5-1-6(15)2-5)9(7)12-4-11-8/h3-6,15H,1-2H2,(H2,10,11,12). The number of aliphatic hydroxyl groups is 1. The first-order valence-corrected chi connectivity index (χ1v) is 4.87. The zero-order valence-corrected chi connectivity index (χ0v) is 8.04. The summed E-state index contributed by atoms with van der Waals surface area (Å²) < 4.78 is 1.82. The topological polar surface area (TPSA) is 89.9 Å². The Hall–Kier alpha value is -1.69. The summed E-state index contributed by atoms with van der Waals surface area (Å²) in [7, 11) is 0. The van der Waals surface area contributed by atoms with Crippen LogP contribution in [0.3, 0.4) is 0 Å². The Balaban J connectivity index is 2.09. The molecule has 6 heteroatoms. The predicted molar refractivity (Wildman–Crippen MR) is 54.0 cm³/mol. The third-order valence-electron chi connectivity index (χ3n) is 2.86. The van der Waals surface area contributed by atoms with E-state index in [1.54, 1.807) is 6.20 Å². The van der Waals surface area contributed by atoms with Crippen molar-refractivity contribution in [1.29, 1.82) is 0 Å². The quantitative estimate of drug-likeness (QED) is 0.689. The van der Waals surface area contributed by atoms with E-state index >= 15 is 0 Å². The van der Waals surface area contributed by atoms with E-state index in [4.69, 9.17) is 5.73 Å². The fourth-order valence-corrected chi connectivity index (χ4v) is 1.91. The molecule has 2 aromatic heterocycles. The van der Waals surface area contributed by atoms with E-state index in [2.05, 4.69) is 15.1 Å². The van der Waals surface area contributed by atoms with Crippen LogP contribution < -0.4 is 5.73 Å². The van der Waals surface area contributed by atoms with Gasteiger partial charge in [0.25, 0.3) is 0 Å². The van der Waals surface area contributed by atoms with E-state index in [9.17, 15) is 5.11 Å². The minimum Gasteiger partial charge on any atom is -0.393 e. The van der Waals surface area contributed by atoms with Gasteiger partial charge in [0.2, 0.25) is 0 Å². The second-order valence-corrected chi connectivity index (χ2v) is 3.86. The average molecular weight is 205 g/mol. The largest absolute Gasteiger partial charge is 0.393 e. The number of nitrogens with zero attached hydrogens (tertiary/aromatic N) is 4. The number of nitrogens with two attached hydrogens (primary N) is 1. The maximum atomic E-state index is 9.25. The molecule has 0 spiro atoms. The van der Waals surface area contributed by atoms with E-state index in [0.29, 0.717) is 5.82 Å². The molecule has 1 saturated carbocycles. The van der Waals surface area contributed by atoms with Gasteiger partial charge < -0.3 is 10.8 Å². The lowest BCUT2D eigenvalue weighted by molar-refractivity contribution is 0.0451. The third kappa shape index (κ3) is 1.18. The molecule has 0 amide bonds. The van der Waals surface area contributed by atoms with Crippen LogP contribution in [0.25, 0.3) is 11.0 Å². The summed E-state index contributed by atoms with van der Waals surface area (Å²) in [5, 5.41) is 14.3. The lowest BCUT2D eigenvalue weighted by Crippen LogP contribution is -2.31. The van der Waals surface area contributed by atoms with Gasteiger partial charge in [-0.2, -0.15) is 5.10 Å². The lowest BCUT2D eigenvalue weighted by atomic mass is 9.90. The maximum Gasteiger partial charge on any atom is 0.163 e. The number of anilines is 1. The molecule has 0 unspecified atom stereocenters. The van der Waals surface area contributed by atoms with E-state index in [0.717, 1.165) is 23.9 Å². The number of fused-ring (bicyclic) bond motifs is 1. The first-order valence-electron chi connectivity index (χ1n) is 4.87. The SMILES string of the molecule is Nc1ncnc2c1cnn2C1CC(O)C1. The van der Waals surface area contributed by atoms with Gasteiger partial charge in [0.1, 0.15) is 12.1 Å². The Bertz CT molecular complexity index is 502. The molecule has 2 aromatic rings. The highest BCUT2D eigenvalue weighted by atomic mass is 16.3. The van der Waals surface area contributed by atoms with Crippen molar-refractivity contribution >= 4 is 16.9 Å². The predicted octanol–water partition coefficient (Wildman–Crippen LogP) is 0.104. The molecule has 0 aromatic carbocycles. The van der Waals surface area contributed by atoms with Crippen molar-refractivity contribution in [3.63, 3.8) is 0 Å². The molecule has 1 aliphatic rings. The zero-order valence-electron chi connectivity index (χ0n) is 8.04. The van der Waals surface area contributed by atoms with Gasteiger partial charge in [-0.25, -0.2) is 14.6 Å². The molecule has 15 heavy (non-hydrogen) atoms. The summed E-state index contributed by atoms with van der Waals surface area (Å²) >= 11 is 0. The van der Waals surface area contributed by atoms with Gasteiger partial charge in [-0.05, 0) is 12.8 Å². The first kappa shape index (κ1) is 8.60. The molecule has 3 rings (SSSR count). The average Bonchev–Trinajstić information content (AvgIpc) is 2.58. The van der Waals surface area contributed by atoms with Crippen LogP contribution >= 0.6 is 0 Å². The number of aromatic nitrogens is 4. The van der Waals surface area contributed by atoms with Crippen LogP contribution in [0.2, 0.25) is 0 Å². The summed E-state index contributed by atoms with van der Waals surface area (Å²) in [6.45, 7) is 0. The summed E-state index contributed by atoms with van der Waals surface area (Å²) in [5.41, 5.74) is 6.45. The molecule has 2 heterocycles. The maximum absolute atomic E-state index is 9.25. The third-order valence-corrected chi connectivity index (χ3v) is 2.86. The number of aliphatic hydroxyl groups excluding tert-OH is 1. The van der Waals surface area contributed by atoms with Gasteiger partial charge in [-0.1, -0.05) is 0 Å². The Morgan fingerprint density at radius 2 is 2.20 bits per heavy atom. The fraction of sp³-hybridized carbons (Fsp3) is 0.444. The van der Waals surface area contributed by atoms with Gasteiger partial charge in [0.15, 0.2) is 5.65 Å². The summed E-state index contributed by atoms with van der Waals surface area (Å²) in [6.07, 6.45) is 4.38. The fourth-order valence-electron chi connectivity index (χ4n) is 1.91. The van der Waals surface area contributed by atoms with Crippen LogP contribution in [0.15, 0.2) is 12.5 Å². The van der Waals surface area contributed by atoms with Crippen LogP contribution in [-0.4, -0.2) is 31.0 Å². The minimum atomic E-state index is -0.201. The summed E-state index contributed by atoms with van der Waals surface area (Å²) in [4.78, 5) is 8.06. The molecule has 0 atom stereocenters. The minimum absolute atomic E-state index is 0.201. The lowest BCUT2D eigenvalue weighted by Gasteiger charge is -2.31. The van der Waals surface area contributed by atoms with Crippen LogP contribution in [0.1, 0.15) is 18.9 Å². The van der Waals surface area contributed by atoms with Crippen LogP contribution in [0, 0.1) is 0 Å². The van der Waals surface area contributed by atoms with Crippen molar-refractivity contribution in [3.05, 3.63) is 12.5 Å². The number of rotatable bonds is 1. The number of hydrogen-bond donors (Lipinski definition) is 2. The first-order chi connectivity index (χ1) is 7.25. The number of hydrogen-bond acceptors (Lipinski definition) is 5. The molecule has 0 aliphatic heterocycles. The highest BCUT2D eigenvalue weighted by molar-refractivity contribution is 5.84. The highest BCUT2D eigenvalue weighted by Crippen LogP contribution is 2.33. The Labute approximate surface area is 85.7 Å². The van der Waals surface area contributed by atoms with Crippen molar-refractivity contribution in [2.75, 3.05) is 5.73 Å². The van der Waals surface area contributed by atoms with Crippen molar-refractivity contribution in [3.8, 4) is 0 Å². The molecule has 0 radical (unpaired) electrons. The van der Waals surface area contributed by atoms with E-state index in [1.807, 2.05) is 4.68 Å². The molecule has 6 nitrogen and oxygen atoms in total. The van der Waals surface area contributed by atoms with Gasteiger partial charge >= 0.3 is 0 Å². The van der Waals surface area contributed by atoms with E-state index < -0.39 is 0 Å². The van der Waals surface area contributed by atoms with E-state index in [-0.39, 0.29) is 12.1 Å². The zero-order chi connectivity index (χ0) is 10.4. The molecular weight excluding hydrogens is 194 g/mol. The second kappa shape index (κ2) is 2.90. The van der Waals surface area contributed by atoms with Gasteiger partial charge in [0, 0.05) is 0 Å². The van der Waals surface area contributed by atoms with Crippen molar-refractivity contribution in [2.45, 2.75) is 25.0 Å². The Morgan fingerprint density at radius 3 is 2.93 bits per heavy atom. The van der Waals surface area contributed by atoms with Crippen LogP contribution in [0.5, 0.6) is 0 Å². The second-order valence-electron chi connectivity index (χ2n) is 3.86. The van der Waals surface area contributed by atoms with Gasteiger partial charge in [-0.3, -0.25) is 0 Å². The highest BCUT2D eigenvalue weighted by Gasteiger charge is 2.30. The molecule has 1 aliphatic carbocycles. The molecule has 0 saturated heterocycles. The van der Waals surface area contributed by atoms with Gasteiger partial charge in [0.05, 0.1) is 23.7 Å². The van der Waals surface area contributed by atoms with Gasteiger partial charge in [-0.15, -0.1) is 0 Å². The van der Waals surface area contributed by atoms with Crippen molar-refractivity contribution < 1.29 is 5.11 Å². The van der Waals surface area contributed by atoms with Crippen LogP contribution in [0.4, 0.5) is 5.82 Å². The Morgan fingerprint density at radius 1 is 1.40 bits per heavy atom. The van der Waals surface area contributed by atoms with Crippen molar-refractivity contribution in [2.24, 2.45) is 0 Å². The van der Waals surface area contributed by atoms with Crippen molar-refractivity contribution in [1.82, 2.24) is 19.7 Å². The monoisotopic (exact) mass is 205 g/mol. The number of nitrogen functional groups attached to an aromatic ring is 1. The summed E-state index contributed by atoms with van der Waals surface area (Å²) in [5.74, 6) is 0.450. The molecule has 0 bridgehead atoms.